The molecule has 0 radical (unpaired) electrons. The second-order valence-electron chi connectivity index (χ2n) is 8.24. The number of carbonyl (C=O) groups is 1. The molecule has 0 aliphatic carbocycles. The first-order valence-electron chi connectivity index (χ1n) is 10.7. The number of aromatic hydroxyl groups is 8. The summed E-state index contributed by atoms with van der Waals surface area (Å²) in [6.45, 7) is -1.55. The molecular weight excluding hydrogens is 548 g/mol. The number of anilines is 1. The number of carboxylic acid groups (broad SMARTS) is 1. The molecule has 1 atom stereocenters. The van der Waals surface area contributed by atoms with Crippen LogP contribution in [0.4, 0.5) is 5.69 Å². The summed E-state index contributed by atoms with van der Waals surface area (Å²) in [4.78, 5) is 11.3. The molecule has 3 aromatic rings. The van der Waals surface area contributed by atoms with Gasteiger partial charge in [0.15, 0.2) is 28.7 Å². The van der Waals surface area contributed by atoms with Crippen LogP contribution in [0.3, 0.4) is 0 Å². The molecule has 210 valence electrons. The van der Waals surface area contributed by atoms with Gasteiger partial charge < -0.3 is 71.9 Å². The molecule has 14 N–H and O–H groups in total. The number of hydrogen-bond acceptors (Lipinski definition) is 14. The van der Waals surface area contributed by atoms with Crippen molar-refractivity contribution in [2.75, 3.05) is 18.4 Å². The molecular formula is C23H23ClN2O13. The number of hydrogen-bond donors (Lipinski definition) is 14. The van der Waals surface area contributed by atoms with Crippen LogP contribution in [0.1, 0.15) is 22.0 Å². The van der Waals surface area contributed by atoms with Crippen LogP contribution in [0, 0.1) is 0 Å². The van der Waals surface area contributed by atoms with Gasteiger partial charge in [-0.25, -0.2) is 4.79 Å². The highest BCUT2D eigenvalue weighted by Gasteiger charge is 2.32. The number of nitrogens with one attached hydrogen (secondary N) is 2. The Labute approximate surface area is 222 Å². The molecule has 16 heteroatoms. The first-order chi connectivity index (χ1) is 18.1. The fourth-order valence-electron chi connectivity index (χ4n) is 3.63. The van der Waals surface area contributed by atoms with E-state index in [1.165, 1.54) is 18.2 Å². The van der Waals surface area contributed by atoms with E-state index in [0.717, 1.165) is 6.07 Å². The summed E-state index contributed by atoms with van der Waals surface area (Å²) in [7, 11) is 0. The number of benzene rings is 3. The third-order valence-corrected chi connectivity index (χ3v) is 5.89. The lowest BCUT2D eigenvalue weighted by Gasteiger charge is -2.27. The Morgan fingerprint density at radius 1 is 0.846 bits per heavy atom. The number of rotatable bonds is 9. The normalized spacial score (nSPS) is 12.3. The Morgan fingerprint density at radius 2 is 1.46 bits per heavy atom. The number of aromatic carboxylic acids is 1. The van der Waals surface area contributed by atoms with Gasteiger partial charge in [-0.3, -0.25) is 0 Å². The van der Waals surface area contributed by atoms with Crippen LogP contribution in [0.2, 0.25) is 5.02 Å². The van der Waals surface area contributed by atoms with E-state index in [4.69, 9.17) is 11.6 Å². The third-order valence-electron chi connectivity index (χ3n) is 5.54. The van der Waals surface area contributed by atoms with Crippen LogP contribution in [0.5, 0.6) is 46.0 Å². The highest BCUT2D eigenvalue weighted by atomic mass is 35.5. The standard InChI is InChI=1S/C23H23ClN2O13/c24-12-14(28)11(17(31)20(34)18(12)32)9(27)5-25-6-23(38,39)26-13-15(29)10(16(30)21(35)19(13)33)7-2-1-3-8(4-7)22(36)37/h1-4,9,25-35,38-39H,5-6H2,(H,36,37). The van der Waals surface area contributed by atoms with Crippen molar-refractivity contribution >= 4 is 23.3 Å². The number of aliphatic hydroxyl groups excluding tert-OH is 1. The number of aliphatic hydroxyl groups is 3. The molecule has 39 heavy (non-hydrogen) atoms. The predicted molar refractivity (Wildman–Crippen MR) is 132 cm³/mol. The molecule has 0 bridgehead atoms. The smallest absolute Gasteiger partial charge is 0.335 e. The molecule has 1 unspecified atom stereocenters. The summed E-state index contributed by atoms with van der Waals surface area (Å²) in [5, 5.41) is 124. The maximum absolute atomic E-state index is 11.3. The van der Waals surface area contributed by atoms with E-state index in [1.54, 1.807) is 0 Å². The van der Waals surface area contributed by atoms with Crippen molar-refractivity contribution in [3.63, 3.8) is 0 Å². The second-order valence-corrected chi connectivity index (χ2v) is 8.62. The number of halogens is 1. The van der Waals surface area contributed by atoms with Crippen molar-refractivity contribution in [1.29, 1.82) is 0 Å². The average molecular weight is 571 g/mol. The van der Waals surface area contributed by atoms with Crippen LogP contribution >= 0.6 is 11.6 Å². The molecule has 0 amide bonds. The first kappa shape index (κ1) is 29.0. The number of carboxylic acids is 1. The molecule has 0 aliphatic heterocycles. The summed E-state index contributed by atoms with van der Waals surface area (Å²) in [5.74, 6) is -13.1. The highest BCUT2D eigenvalue weighted by molar-refractivity contribution is 6.34. The van der Waals surface area contributed by atoms with Gasteiger partial charge in [-0.15, -0.1) is 0 Å². The maximum atomic E-state index is 11.3. The minimum Gasteiger partial charge on any atom is -0.506 e. The van der Waals surface area contributed by atoms with Crippen molar-refractivity contribution in [3.8, 4) is 57.1 Å². The lowest BCUT2D eigenvalue weighted by atomic mass is 9.99. The zero-order valence-corrected chi connectivity index (χ0v) is 20.2. The molecule has 0 saturated carbocycles. The van der Waals surface area contributed by atoms with Gasteiger partial charge in [-0.1, -0.05) is 23.7 Å². The van der Waals surface area contributed by atoms with Crippen molar-refractivity contribution in [1.82, 2.24) is 5.32 Å². The molecule has 15 nitrogen and oxygen atoms in total. The minimum absolute atomic E-state index is 0.124. The Hall–Kier alpha value is -4.54. The molecule has 0 saturated heterocycles. The van der Waals surface area contributed by atoms with Crippen molar-refractivity contribution in [2.45, 2.75) is 12.0 Å². The quantitative estimate of drug-likeness (QED) is 0.0957. The molecule has 0 aliphatic rings. The second kappa shape index (κ2) is 10.7. The third kappa shape index (κ3) is 5.52. The van der Waals surface area contributed by atoms with Gasteiger partial charge in [0.2, 0.25) is 11.5 Å². The van der Waals surface area contributed by atoms with Gasteiger partial charge >= 0.3 is 5.97 Å². The summed E-state index contributed by atoms with van der Waals surface area (Å²) in [6, 6.07) is 4.76. The maximum Gasteiger partial charge on any atom is 0.335 e. The van der Waals surface area contributed by atoms with Gasteiger partial charge in [0, 0.05) is 6.54 Å². The fourth-order valence-corrected chi connectivity index (χ4v) is 3.82. The van der Waals surface area contributed by atoms with Crippen LogP contribution in [0.25, 0.3) is 11.1 Å². The van der Waals surface area contributed by atoms with Crippen LogP contribution < -0.4 is 10.6 Å². The largest absolute Gasteiger partial charge is 0.506 e. The molecule has 0 heterocycles. The summed E-state index contributed by atoms with van der Waals surface area (Å²) >= 11 is 5.63. The first-order valence-corrected chi connectivity index (χ1v) is 11.1. The Balaban J connectivity index is 1.85. The monoisotopic (exact) mass is 570 g/mol. The molecule has 0 fully saturated rings. The summed E-state index contributed by atoms with van der Waals surface area (Å²) in [5.41, 5.74) is -2.54. The predicted octanol–water partition coefficient (Wildman–Crippen LogP) is 0.723. The Bertz CT molecular complexity index is 1420. The Morgan fingerprint density at radius 3 is 2.08 bits per heavy atom. The van der Waals surface area contributed by atoms with Crippen LogP contribution in [-0.4, -0.2) is 86.2 Å². The van der Waals surface area contributed by atoms with Crippen LogP contribution in [-0.2, 0) is 0 Å². The zero-order chi connectivity index (χ0) is 29.4. The van der Waals surface area contributed by atoms with E-state index < -0.39 is 98.9 Å². The molecule has 0 spiro atoms. The van der Waals surface area contributed by atoms with Gasteiger partial charge in [0.25, 0.3) is 5.91 Å². The summed E-state index contributed by atoms with van der Waals surface area (Å²) in [6.07, 6.45) is -1.84. The van der Waals surface area contributed by atoms with Crippen LogP contribution in [0.15, 0.2) is 24.3 Å². The van der Waals surface area contributed by atoms with E-state index in [0.29, 0.717) is 0 Å². The van der Waals surface area contributed by atoms with E-state index in [-0.39, 0.29) is 11.1 Å². The lowest BCUT2D eigenvalue weighted by Crippen LogP contribution is -2.48. The molecule has 0 aromatic heterocycles. The van der Waals surface area contributed by atoms with Crippen molar-refractivity contribution in [2.24, 2.45) is 0 Å². The van der Waals surface area contributed by atoms with Crippen molar-refractivity contribution < 1.29 is 66.1 Å². The van der Waals surface area contributed by atoms with Gasteiger partial charge in [-0.05, 0) is 17.7 Å². The minimum atomic E-state index is -3.06. The van der Waals surface area contributed by atoms with Gasteiger partial charge in [-0.2, -0.15) is 0 Å². The summed E-state index contributed by atoms with van der Waals surface area (Å²) < 4.78 is 0. The van der Waals surface area contributed by atoms with E-state index in [9.17, 15) is 66.1 Å². The van der Waals surface area contributed by atoms with E-state index >= 15 is 0 Å². The number of phenols is 8. The van der Waals surface area contributed by atoms with Gasteiger partial charge in [0.1, 0.15) is 16.5 Å². The van der Waals surface area contributed by atoms with E-state index in [2.05, 4.69) is 5.32 Å². The molecule has 3 aromatic carbocycles. The zero-order valence-electron chi connectivity index (χ0n) is 19.5. The SMILES string of the molecule is O=C(O)c1cccc(-c2c(O)c(O)c(O)c(NC(O)(O)CNCC(O)c3c(O)c(O)c(O)c(Cl)c3O)c2O)c1. The fraction of sp³-hybridized carbons (Fsp3) is 0.174. The van der Waals surface area contributed by atoms with Crippen molar-refractivity contribution in [3.05, 3.63) is 40.4 Å². The topological polar surface area (TPSA) is 284 Å². The Kier molecular flexibility index (Phi) is 7.95. The molecule has 3 rings (SSSR count). The average Bonchev–Trinajstić information content (AvgIpc) is 2.88. The number of phenolic OH excluding ortho intramolecular Hbond substituents is 8. The lowest BCUT2D eigenvalue weighted by molar-refractivity contribution is -0.132. The van der Waals surface area contributed by atoms with E-state index in [1.807, 2.05) is 5.32 Å². The van der Waals surface area contributed by atoms with Gasteiger partial charge in [0.05, 0.1) is 29.3 Å². The highest BCUT2D eigenvalue weighted by Crippen LogP contribution is 2.54.